The second kappa shape index (κ2) is 4.92. The van der Waals surface area contributed by atoms with Gasteiger partial charge in [0.05, 0.1) is 4.83 Å². The fraction of sp³-hybridized carbons (Fsp3) is 0.333. The molecular formula is C12H12Br2S2. The summed E-state index contributed by atoms with van der Waals surface area (Å²) in [6, 6.07) is 4.46. The summed E-state index contributed by atoms with van der Waals surface area (Å²) >= 11 is 11.1. The van der Waals surface area contributed by atoms with Crippen LogP contribution in [0, 0.1) is 20.8 Å². The zero-order valence-corrected chi connectivity index (χ0v) is 14.1. The van der Waals surface area contributed by atoms with Gasteiger partial charge in [-0.3, -0.25) is 0 Å². The first-order valence-corrected chi connectivity index (χ1v) is 8.30. The molecule has 2 aromatic rings. The lowest BCUT2D eigenvalue weighted by Gasteiger charge is -2.05. The fourth-order valence-electron chi connectivity index (χ4n) is 1.53. The SMILES string of the molecule is Cc1cc(Br)c(C(Br)c2cc(C)c(C)s2)s1. The highest BCUT2D eigenvalue weighted by Crippen LogP contribution is 2.43. The molecule has 0 bridgehead atoms. The number of rotatable bonds is 2. The molecule has 86 valence electrons. The van der Waals surface area contributed by atoms with Crippen LogP contribution in [0.15, 0.2) is 16.6 Å². The van der Waals surface area contributed by atoms with Gasteiger partial charge in [0, 0.05) is 24.0 Å². The first kappa shape index (κ1) is 12.8. The normalized spacial score (nSPS) is 13.1. The van der Waals surface area contributed by atoms with E-state index < -0.39 is 0 Å². The van der Waals surface area contributed by atoms with Crippen LogP contribution < -0.4 is 0 Å². The molecule has 0 aliphatic heterocycles. The van der Waals surface area contributed by atoms with Crippen LogP contribution >= 0.6 is 54.5 Å². The number of hydrogen-bond acceptors (Lipinski definition) is 2. The second-order valence-electron chi connectivity index (χ2n) is 3.82. The van der Waals surface area contributed by atoms with Crippen molar-refractivity contribution < 1.29 is 0 Å². The number of hydrogen-bond donors (Lipinski definition) is 0. The highest BCUT2D eigenvalue weighted by atomic mass is 79.9. The summed E-state index contributed by atoms with van der Waals surface area (Å²) < 4.78 is 1.21. The Morgan fingerprint density at radius 2 is 1.81 bits per heavy atom. The zero-order chi connectivity index (χ0) is 11.9. The number of thiophene rings is 2. The molecule has 2 rings (SSSR count). The Bertz CT molecular complexity index is 492. The van der Waals surface area contributed by atoms with E-state index in [9.17, 15) is 0 Å². The minimum atomic E-state index is 0.318. The Balaban J connectivity index is 2.38. The van der Waals surface area contributed by atoms with Gasteiger partial charge < -0.3 is 0 Å². The van der Waals surface area contributed by atoms with Gasteiger partial charge in [0.1, 0.15) is 0 Å². The maximum atomic E-state index is 3.80. The summed E-state index contributed by atoms with van der Waals surface area (Å²) in [7, 11) is 0. The van der Waals surface area contributed by atoms with Crippen LogP contribution in [0.4, 0.5) is 0 Å². The minimum Gasteiger partial charge on any atom is -0.144 e. The van der Waals surface area contributed by atoms with Crippen molar-refractivity contribution in [1.29, 1.82) is 0 Å². The van der Waals surface area contributed by atoms with Crippen LogP contribution in [-0.4, -0.2) is 0 Å². The minimum absolute atomic E-state index is 0.318. The molecule has 0 radical (unpaired) electrons. The Labute approximate surface area is 121 Å². The van der Waals surface area contributed by atoms with Crippen molar-refractivity contribution in [3.8, 4) is 0 Å². The smallest absolute Gasteiger partial charge is 0.0842 e. The summed E-state index contributed by atoms with van der Waals surface area (Å²) in [6.45, 7) is 6.49. The maximum Gasteiger partial charge on any atom is 0.0842 e. The summed E-state index contributed by atoms with van der Waals surface area (Å²) in [5.41, 5.74) is 1.38. The Morgan fingerprint density at radius 3 is 2.25 bits per heavy atom. The lowest BCUT2D eigenvalue weighted by molar-refractivity contribution is 1.26. The standard InChI is InChI=1S/C12H12Br2S2/c1-6-4-10(16-8(6)3)11(14)12-9(13)5-7(2)15-12/h4-5,11H,1-3H3. The van der Waals surface area contributed by atoms with E-state index >= 15 is 0 Å². The predicted molar refractivity (Wildman–Crippen MR) is 81.3 cm³/mol. The van der Waals surface area contributed by atoms with Gasteiger partial charge in [0.25, 0.3) is 0 Å². The fourth-order valence-corrected chi connectivity index (χ4v) is 5.76. The topological polar surface area (TPSA) is 0 Å². The van der Waals surface area contributed by atoms with E-state index in [0.717, 1.165) is 0 Å². The van der Waals surface area contributed by atoms with Crippen molar-refractivity contribution in [2.75, 3.05) is 0 Å². The van der Waals surface area contributed by atoms with Crippen LogP contribution in [0.1, 0.15) is 29.9 Å². The highest BCUT2D eigenvalue weighted by molar-refractivity contribution is 9.11. The van der Waals surface area contributed by atoms with E-state index in [0.29, 0.717) is 4.83 Å². The summed E-state index contributed by atoms with van der Waals surface area (Å²) in [5.74, 6) is 0. The first-order valence-electron chi connectivity index (χ1n) is 4.96. The molecule has 1 unspecified atom stereocenters. The molecule has 0 amide bonds. The van der Waals surface area contributed by atoms with E-state index in [2.05, 4.69) is 64.8 Å². The Hall–Kier alpha value is 0.360. The monoisotopic (exact) mass is 378 g/mol. The van der Waals surface area contributed by atoms with Crippen LogP contribution in [0.5, 0.6) is 0 Å². The van der Waals surface area contributed by atoms with Gasteiger partial charge in [-0.05, 0) is 54.4 Å². The maximum absolute atomic E-state index is 3.80. The predicted octanol–water partition coefficient (Wildman–Crippen LogP) is 5.98. The molecule has 0 spiro atoms. The van der Waals surface area contributed by atoms with Gasteiger partial charge in [-0.15, -0.1) is 22.7 Å². The Kier molecular flexibility index (Phi) is 3.94. The first-order chi connectivity index (χ1) is 7.49. The number of alkyl halides is 1. The Morgan fingerprint density at radius 1 is 1.12 bits per heavy atom. The quantitative estimate of drug-likeness (QED) is 0.562. The van der Waals surface area contributed by atoms with E-state index in [1.165, 1.54) is 29.5 Å². The molecule has 0 aromatic carbocycles. The van der Waals surface area contributed by atoms with Gasteiger partial charge in [-0.2, -0.15) is 0 Å². The number of halogens is 2. The van der Waals surface area contributed by atoms with Gasteiger partial charge in [0.2, 0.25) is 0 Å². The van der Waals surface area contributed by atoms with E-state index in [4.69, 9.17) is 0 Å². The van der Waals surface area contributed by atoms with Gasteiger partial charge in [-0.1, -0.05) is 15.9 Å². The molecule has 0 nitrogen and oxygen atoms in total. The molecule has 0 aliphatic carbocycles. The molecule has 2 heterocycles. The van der Waals surface area contributed by atoms with Crippen molar-refractivity contribution >= 4 is 54.5 Å². The van der Waals surface area contributed by atoms with E-state index in [1.807, 2.05) is 22.7 Å². The lowest BCUT2D eigenvalue weighted by atomic mass is 10.2. The number of aryl methyl sites for hydroxylation is 3. The van der Waals surface area contributed by atoms with Gasteiger partial charge in [-0.25, -0.2) is 0 Å². The van der Waals surface area contributed by atoms with Crippen LogP contribution in [0.3, 0.4) is 0 Å². The van der Waals surface area contributed by atoms with Crippen molar-refractivity contribution in [2.24, 2.45) is 0 Å². The third kappa shape index (κ3) is 2.45. The van der Waals surface area contributed by atoms with Crippen molar-refractivity contribution in [3.63, 3.8) is 0 Å². The molecule has 0 aliphatic rings. The van der Waals surface area contributed by atoms with Gasteiger partial charge >= 0.3 is 0 Å². The van der Waals surface area contributed by atoms with Crippen molar-refractivity contribution in [3.05, 3.63) is 41.7 Å². The third-order valence-corrected chi connectivity index (χ3v) is 7.31. The van der Waals surface area contributed by atoms with Crippen molar-refractivity contribution in [1.82, 2.24) is 0 Å². The molecule has 0 saturated heterocycles. The largest absolute Gasteiger partial charge is 0.144 e. The summed E-state index contributed by atoms with van der Waals surface area (Å²) in [6.07, 6.45) is 0. The molecule has 0 saturated carbocycles. The van der Waals surface area contributed by atoms with E-state index in [1.54, 1.807) is 0 Å². The van der Waals surface area contributed by atoms with Crippen molar-refractivity contribution in [2.45, 2.75) is 25.6 Å². The molecule has 1 atom stereocenters. The molecule has 0 fully saturated rings. The zero-order valence-electron chi connectivity index (χ0n) is 9.30. The average Bonchev–Trinajstić information content (AvgIpc) is 2.70. The second-order valence-corrected chi connectivity index (χ2v) is 8.17. The lowest BCUT2D eigenvalue weighted by Crippen LogP contribution is -1.85. The third-order valence-electron chi connectivity index (χ3n) is 2.50. The summed E-state index contributed by atoms with van der Waals surface area (Å²) in [5, 5.41) is 0. The molecule has 4 heteroatoms. The van der Waals surface area contributed by atoms with Crippen LogP contribution in [0.25, 0.3) is 0 Å². The summed E-state index contributed by atoms with van der Waals surface area (Å²) in [4.78, 5) is 5.81. The van der Waals surface area contributed by atoms with Gasteiger partial charge in [0.15, 0.2) is 0 Å². The molecule has 2 aromatic heterocycles. The highest BCUT2D eigenvalue weighted by Gasteiger charge is 2.18. The molecule has 16 heavy (non-hydrogen) atoms. The average molecular weight is 380 g/mol. The van der Waals surface area contributed by atoms with Crippen LogP contribution in [-0.2, 0) is 0 Å². The molecular weight excluding hydrogens is 368 g/mol. The van der Waals surface area contributed by atoms with E-state index in [-0.39, 0.29) is 0 Å². The molecule has 0 N–H and O–H groups in total. The van der Waals surface area contributed by atoms with Crippen LogP contribution in [0.2, 0.25) is 0 Å².